The van der Waals surface area contributed by atoms with E-state index < -0.39 is 0 Å². The van der Waals surface area contributed by atoms with Crippen molar-refractivity contribution >= 4 is 0 Å². The quantitative estimate of drug-likeness (QED) is 0.823. The normalized spacial score (nSPS) is 19.3. The lowest BCUT2D eigenvalue weighted by molar-refractivity contribution is 0.280. The van der Waals surface area contributed by atoms with Gasteiger partial charge in [0.2, 0.25) is 0 Å². The molecule has 0 aromatic heterocycles. The second kappa shape index (κ2) is 6.56. The van der Waals surface area contributed by atoms with Crippen LogP contribution in [0.2, 0.25) is 0 Å². The van der Waals surface area contributed by atoms with Crippen molar-refractivity contribution in [3.63, 3.8) is 0 Å². The van der Waals surface area contributed by atoms with Crippen molar-refractivity contribution in [1.29, 1.82) is 0 Å². The number of benzene rings is 1. The Hall–Kier alpha value is -0.820. The van der Waals surface area contributed by atoms with Gasteiger partial charge in [-0.1, -0.05) is 49.6 Å². The first kappa shape index (κ1) is 14.6. The van der Waals surface area contributed by atoms with E-state index in [0.29, 0.717) is 5.92 Å². The number of hydrogen-bond donors (Lipinski definition) is 1. The van der Waals surface area contributed by atoms with Gasteiger partial charge in [0.15, 0.2) is 0 Å². The molecule has 0 radical (unpaired) electrons. The van der Waals surface area contributed by atoms with Gasteiger partial charge in [-0.3, -0.25) is 0 Å². The lowest BCUT2D eigenvalue weighted by Crippen LogP contribution is -2.40. The third kappa shape index (κ3) is 4.65. The Kier molecular flexibility index (Phi) is 5.04. The van der Waals surface area contributed by atoms with E-state index in [1.165, 1.54) is 37.7 Å². The van der Waals surface area contributed by atoms with Gasteiger partial charge in [0.1, 0.15) is 0 Å². The maximum atomic E-state index is 3.72. The predicted octanol–water partition coefficient (Wildman–Crippen LogP) is 4.74. The molecule has 1 aromatic carbocycles. The van der Waals surface area contributed by atoms with E-state index in [0.717, 1.165) is 12.5 Å². The minimum Gasteiger partial charge on any atom is -0.311 e. The molecule has 19 heavy (non-hydrogen) atoms. The van der Waals surface area contributed by atoms with E-state index in [1.54, 1.807) is 0 Å². The summed E-state index contributed by atoms with van der Waals surface area (Å²) < 4.78 is 0. The maximum Gasteiger partial charge on any atom is 0.00967 e. The lowest BCUT2D eigenvalue weighted by Gasteiger charge is -2.33. The number of rotatable bonds is 4. The van der Waals surface area contributed by atoms with Crippen molar-refractivity contribution in [2.45, 2.75) is 64.3 Å². The topological polar surface area (TPSA) is 12.0 Å². The molecule has 0 heterocycles. The molecule has 1 aromatic rings. The summed E-state index contributed by atoms with van der Waals surface area (Å²) in [4.78, 5) is 0. The van der Waals surface area contributed by atoms with Gasteiger partial charge in [-0.05, 0) is 51.0 Å². The van der Waals surface area contributed by atoms with Gasteiger partial charge in [0.05, 0.1) is 0 Å². The Morgan fingerprint density at radius 1 is 1.05 bits per heavy atom. The highest BCUT2D eigenvalue weighted by atomic mass is 14.9. The maximum absolute atomic E-state index is 3.72. The second-order valence-corrected chi connectivity index (χ2v) is 7.05. The molecule has 1 nitrogen and oxygen atoms in total. The van der Waals surface area contributed by atoms with Gasteiger partial charge >= 0.3 is 0 Å². The SMILES string of the molecule is CC(C)(C)NC[C@H](c1ccccc1)C1CCCCC1. The molecular formula is C18H29N. The summed E-state index contributed by atoms with van der Waals surface area (Å²) in [6.07, 6.45) is 7.09. The van der Waals surface area contributed by atoms with Gasteiger partial charge in [0, 0.05) is 12.1 Å². The van der Waals surface area contributed by atoms with E-state index in [-0.39, 0.29) is 5.54 Å². The Labute approximate surface area is 118 Å². The van der Waals surface area contributed by atoms with Crippen LogP contribution in [0.25, 0.3) is 0 Å². The summed E-state index contributed by atoms with van der Waals surface area (Å²) in [5, 5.41) is 3.72. The van der Waals surface area contributed by atoms with Crippen LogP contribution in [0, 0.1) is 5.92 Å². The van der Waals surface area contributed by atoms with Crippen LogP contribution in [-0.4, -0.2) is 12.1 Å². The standard InChI is InChI=1S/C18H29N/c1-18(2,3)19-14-17(15-10-6-4-7-11-15)16-12-8-5-9-13-16/h4,6-7,10-11,16-17,19H,5,8-9,12-14H2,1-3H3/t17-/m1/s1. The Bertz CT molecular complexity index is 357. The number of nitrogens with one attached hydrogen (secondary N) is 1. The Morgan fingerprint density at radius 3 is 2.26 bits per heavy atom. The smallest absolute Gasteiger partial charge is 0.00967 e. The fourth-order valence-corrected chi connectivity index (χ4v) is 3.21. The molecule has 0 spiro atoms. The third-order valence-corrected chi connectivity index (χ3v) is 4.30. The summed E-state index contributed by atoms with van der Waals surface area (Å²) in [6.45, 7) is 7.89. The first-order chi connectivity index (χ1) is 9.06. The molecule has 0 unspecified atom stereocenters. The minimum absolute atomic E-state index is 0.210. The van der Waals surface area contributed by atoms with Crippen molar-refractivity contribution in [2.24, 2.45) is 5.92 Å². The van der Waals surface area contributed by atoms with E-state index >= 15 is 0 Å². The second-order valence-electron chi connectivity index (χ2n) is 7.05. The van der Waals surface area contributed by atoms with Gasteiger partial charge < -0.3 is 5.32 Å². The molecule has 0 saturated heterocycles. The molecule has 2 rings (SSSR count). The summed E-state index contributed by atoms with van der Waals surface area (Å²) >= 11 is 0. The van der Waals surface area contributed by atoms with Crippen LogP contribution in [0.5, 0.6) is 0 Å². The molecule has 0 amide bonds. The molecule has 1 atom stereocenters. The lowest BCUT2D eigenvalue weighted by atomic mass is 9.76. The summed E-state index contributed by atoms with van der Waals surface area (Å²) in [6, 6.07) is 11.1. The minimum atomic E-state index is 0.210. The largest absolute Gasteiger partial charge is 0.311 e. The highest BCUT2D eigenvalue weighted by Crippen LogP contribution is 2.35. The van der Waals surface area contributed by atoms with E-state index in [2.05, 4.69) is 56.4 Å². The van der Waals surface area contributed by atoms with Gasteiger partial charge in [0.25, 0.3) is 0 Å². The van der Waals surface area contributed by atoms with Crippen LogP contribution in [0.4, 0.5) is 0 Å². The van der Waals surface area contributed by atoms with Crippen molar-refractivity contribution in [1.82, 2.24) is 5.32 Å². The third-order valence-electron chi connectivity index (χ3n) is 4.30. The summed E-state index contributed by atoms with van der Waals surface area (Å²) in [7, 11) is 0. The zero-order valence-corrected chi connectivity index (χ0v) is 12.8. The molecule has 0 bridgehead atoms. The highest BCUT2D eigenvalue weighted by molar-refractivity contribution is 5.21. The molecule has 1 saturated carbocycles. The fraction of sp³-hybridized carbons (Fsp3) is 0.667. The summed E-state index contributed by atoms with van der Waals surface area (Å²) in [5.41, 5.74) is 1.73. The van der Waals surface area contributed by atoms with Crippen LogP contribution < -0.4 is 5.32 Å². The molecule has 106 valence electrons. The Balaban J connectivity index is 2.08. The van der Waals surface area contributed by atoms with E-state index in [1.807, 2.05) is 0 Å². The average Bonchev–Trinajstić information content (AvgIpc) is 2.40. The van der Waals surface area contributed by atoms with E-state index in [4.69, 9.17) is 0 Å². The zero-order chi connectivity index (χ0) is 13.7. The molecule has 1 aliphatic rings. The molecule has 0 aliphatic heterocycles. The van der Waals surface area contributed by atoms with Crippen LogP contribution in [0.3, 0.4) is 0 Å². The molecule has 1 fully saturated rings. The van der Waals surface area contributed by atoms with Gasteiger partial charge in [-0.2, -0.15) is 0 Å². The van der Waals surface area contributed by atoms with Crippen LogP contribution in [0.1, 0.15) is 64.4 Å². The number of hydrogen-bond acceptors (Lipinski definition) is 1. The van der Waals surface area contributed by atoms with Crippen molar-refractivity contribution in [3.05, 3.63) is 35.9 Å². The fourth-order valence-electron chi connectivity index (χ4n) is 3.21. The van der Waals surface area contributed by atoms with Crippen molar-refractivity contribution in [3.8, 4) is 0 Å². The van der Waals surface area contributed by atoms with Crippen molar-refractivity contribution in [2.75, 3.05) is 6.54 Å². The van der Waals surface area contributed by atoms with E-state index in [9.17, 15) is 0 Å². The first-order valence-electron chi connectivity index (χ1n) is 7.86. The average molecular weight is 259 g/mol. The first-order valence-corrected chi connectivity index (χ1v) is 7.86. The Morgan fingerprint density at radius 2 is 1.68 bits per heavy atom. The molecule has 1 N–H and O–H groups in total. The monoisotopic (exact) mass is 259 g/mol. The highest BCUT2D eigenvalue weighted by Gasteiger charge is 2.26. The molecule has 1 heteroatoms. The van der Waals surface area contributed by atoms with Crippen LogP contribution in [-0.2, 0) is 0 Å². The zero-order valence-electron chi connectivity index (χ0n) is 12.8. The van der Waals surface area contributed by atoms with Crippen LogP contribution >= 0.6 is 0 Å². The molecular weight excluding hydrogens is 230 g/mol. The molecule has 1 aliphatic carbocycles. The van der Waals surface area contributed by atoms with Gasteiger partial charge in [-0.15, -0.1) is 0 Å². The van der Waals surface area contributed by atoms with Crippen LogP contribution in [0.15, 0.2) is 30.3 Å². The summed E-state index contributed by atoms with van der Waals surface area (Å²) in [5.74, 6) is 1.55. The van der Waals surface area contributed by atoms with Gasteiger partial charge in [-0.25, -0.2) is 0 Å². The van der Waals surface area contributed by atoms with Crippen molar-refractivity contribution < 1.29 is 0 Å². The predicted molar refractivity (Wildman–Crippen MR) is 83.5 cm³/mol.